The van der Waals surface area contributed by atoms with Crippen molar-refractivity contribution in [3.05, 3.63) is 77.7 Å². The van der Waals surface area contributed by atoms with Crippen LogP contribution in [0.4, 0.5) is 5.82 Å². The van der Waals surface area contributed by atoms with Gasteiger partial charge >= 0.3 is 0 Å². The first-order chi connectivity index (χ1) is 17.7. The highest BCUT2D eigenvalue weighted by molar-refractivity contribution is 7.98. The number of thioether (sulfide) groups is 1. The largest absolute Gasteiger partial charge is 0.459 e. The molecule has 0 spiro atoms. The SMILES string of the molecule is CSc1ccc2cc(CN(Cc3ccc4c(c3)OCO4)C(=O)c3ccco3)c(N3CCCC3)nc2c1. The maximum atomic E-state index is 13.6. The Bertz CT molecular complexity index is 1400. The average Bonchev–Trinajstić information content (AvgIpc) is 3.69. The second-order valence-electron chi connectivity index (χ2n) is 9.05. The fourth-order valence-corrected chi connectivity index (χ4v) is 5.28. The van der Waals surface area contributed by atoms with Crippen molar-refractivity contribution in [2.45, 2.75) is 30.8 Å². The summed E-state index contributed by atoms with van der Waals surface area (Å²) in [5, 5.41) is 1.07. The van der Waals surface area contributed by atoms with E-state index < -0.39 is 0 Å². The van der Waals surface area contributed by atoms with E-state index in [0.717, 1.165) is 59.5 Å². The van der Waals surface area contributed by atoms with E-state index in [1.54, 1.807) is 23.9 Å². The fraction of sp³-hybridized carbons (Fsp3) is 0.286. The van der Waals surface area contributed by atoms with Gasteiger partial charge in [-0.05, 0) is 67.1 Å². The average molecular weight is 502 g/mol. The van der Waals surface area contributed by atoms with Crippen molar-refractivity contribution in [2.75, 3.05) is 31.0 Å². The quantitative estimate of drug-likeness (QED) is 0.300. The molecule has 2 aromatic carbocycles. The van der Waals surface area contributed by atoms with Gasteiger partial charge in [0.25, 0.3) is 5.91 Å². The summed E-state index contributed by atoms with van der Waals surface area (Å²) in [7, 11) is 0. The molecule has 0 bridgehead atoms. The predicted molar refractivity (Wildman–Crippen MR) is 140 cm³/mol. The van der Waals surface area contributed by atoms with Gasteiger partial charge in [-0.1, -0.05) is 12.1 Å². The van der Waals surface area contributed by atoms with Gasteiger partial charge in [0, 0.05) is 35.5 Å². The van der Waals surface area contributed by atoms with Gasteiger partial charge < -0.3 is 23.7 Å². The molecule has 1 saturated heterocycles. The number of carbonyl (C=O) groups excluding carboxylic acids is 1. The minimum absolute atomic E-state index is 0.164. The third-order valence-corrected chi connectivity index (χ3v) is 7.40. The molecule has 8 heteroatoms. The van der Waals surface area contributed by atoms with Crippen LogP contribution in [0.15, 0.2) is 70.2 Å². The van der Waals surface area contributed by atoms with Crippen LogP contribution in [-0.4, -0.2) is 41.9 Å². The highest BCUT2D eigenvalue weighted by Gasteiger charge is 2.25. The first-order valence-corrected chi connectivity index (χ1v) is 13.3. The van der Waals surface area contributed by atoms with Crippen molar-refractivity contribution in [1.29, 1.82) is 0 Å². The first-order valence-electron chi connectivity index (χ1n) is 12.1. The van der Waals surface area contributed by atoms with Crippen LogP contribution in [0.2, 0.25) is 0 Å². The zero-order chi connectivity index (χ0) is 24.5. The van der Waals surface area contributed by atoms with Gasteiger partial charge in [-0.25, -0.2) is 4.98 Å². The molecule has 2 aromatic heterocycles. The lowest BCUT2D eigenvalue weighted by Gasteiger charge is -2.26. The van der Waals surface area contributed by atoms with Crippen LogP contribution in [0.5, 0.6) is 11.5 Å². The summed E-state index contributed by atoms with van der Waals surface area (Å²) >= 11 is 1.71. The van der Waals surface area contributed by atoms with Crippen LogP contribution in [0.1, 0.15) is 34.5 Å². The summed E-state index contributed by atoms with van der Waals surface area (Å²) in [6.07, 6.45) is 5.90. The Morgan fingerprint density at radius 3 is 2.69 bits per heavy atom. The van der Waals surface area contributed by atoms with Crippen molar-refractivity contribution in [3.8, 4) is 11.5 Å². The first kappa shape index (κ1) is 22.8. The molecular formula is C28H27N3O4S. The van der Waals surface area contributed by atoms with Crippen molar-refractivity contribution in [2.24, 2.45) is 0 Å². The second-order valence-corrected chi connectivity index (χ2v) is 9.93. The Morgan fingerprint density at radius 2 is 1.89 bits per heavy atom. The second kappa shape index (κ2) is 9.78. The van der Waals surface area contributed by atoms with E-state index in [1.165, 1.54) is 11.2 Å². The fourth-order valence-electron chi connectivity index (χ4n) is 4.85. The number of furan rings is 1. The molecule has 1 amide bonds. The van der Waals surface area contributed by atoms with Gasteiger partial charge in [0.15, 0.2) is 17.3 Å². The van der Waals surface area contributed by atoms with Crippen molar-refractivity contribution >= 4 is 34.4 Å². The number of hydrogen-bond donors (Lipinski definition) is 0. The van der Waals surface area contributed by atoms with Crippen molar-refractivity contribution < 1.29 is 18.7 Å². The number of rotatable bonds is 7. The van der Waals surface area contributed by atoms with Gasteiger partial charge in [-0.15, -0.1) is 11.8 Å². The zero-order valence-electron chi connectivity index (χ0n) is 20.1. The molecule has 4 aromatic rings. The molecule has 2 aliphatic heterocycles. The van der Waals surface area contributed by atoms with Crippen LogP contribution in [0.3, 0.4) is 0 Å². The van der Waals surface area contributed by atoms with E-state index in [0.29, 0.717) is 24.6 Å². The number of hydrogen-bond acceptors (Lipinski definition) is 7. The highest BCUT2D eigenvalue weighted by atomic mass is 32.2. The lowest BCUT2D eigenvalue weighted by Crippen LogP contribution is -2.31. The van der Waals surface area contributed by atoms with Crippen LogP contribution in [0.25, 0.3) is 10.9 Å². The normalized spacial score (nSPS) is 14.5. The van der Waals surface area contributed by atoms with Crippen LogP contribution < -0.4 is 14.4 Å². The molecule has 6 rings (SSSR count). The summed E-state index contributed by atoms with van der Waals surface area (Å²) in [6.45, 7) is 2.98. The number of carbonyl (C=O) groups is 1. The molecule has 1 fully saturated rings. The third kappa shape index (κ3) is 4.48. The molecule has 0 radical (unpaired) electrons. The Balaban J connectivity index is 1.39. The van der Waals surface area contributed by atoms with E-state index in [-0.39, 0.29) is 12.7 Å². The molecule has 2 aliphatic rings. The summed E-state index contributed by atoms with van der Waals surface area (Å²) in [5.74, 6) is 2.54. The van der Waals surface area contributed by atoms with Crippen molar-refractivity contribution in [1.82, 2.24) is 9.88 Å². The van der Waals surface area contributed by atoms with Crippen LogP contribution >= 0.6 is 11.8 Å². The Morgan fingerprint density at radius 1 is 1.03 bits per heavy atom. The summed E-state index contributed by atoms with van der Waals surface area (Å²) < 4.78 is 16.5. The standard InChI is InChI=1S/C28H27N3O4S/c1-36-22-8-7-20-14-21(27(29-23(20)15-22)30-10-2-3-11-30)17-31(28(32)25-5-4-12-33-25)16-19-6-9-24-26(13-19)35-18-34-24/h4-9,12-15H,2-3,10-11,16-18H2,1H3. The number of pyridine rings is 1. The molecule has 7 nitrogen and oxygen atoms in total. The summed E-state index contributed by atoms with van der Waals surface area (Å²) in [5.41, 5.74) is 2.97. The summed E-state index contributed by atoms with van der Waals surface area (Å²) in [4.78, 5) is 24.0. The molecule has 0 N–H and O–H groups in total. The smallest absolute Gasteiger partial charge is 0.290 e. The number of fused-ring (bicyclic) bond motifs is 2. The number of amides is 1. The number of aromatic nitrogens is 1. The number of benzene rings is 2. The molecule has 184 valence electrons. The molecule has 0 saturated carbocycles. The van der Waals surface area contributed by atoms with Crippen LogP contribution in [-0.2, 0) is 13.1 Å². The minimum Gasteiger partial charge on any atom is -0.459 e. The molecule has 4 heterocycles. The zero-order valence-corrected chi connectivity index (χ0v) is 20.9. The molecule has 36 heavy (non-hydrogen) atoms. The topological polar surface area (TPSA) is 68.0 Å². The lowest BCUT2D eigenvalue weighted by atomic mass is 10.1. The van der Waals surface area contributed by atoms with E-state index in [4.69, 9.17) is 18.9 Å². The van der Waals surface area contributed by atoms with Crippen molar-refractivity contribution in [3.63, 3.8) is 0 Å². The number of ether oxygens (including phenoxy) is 2. The summed E-state index contributed by atoms with van der Waals surface area (Å²) in [6, 6.07) is 17.8. The monoisotopic (exact) mass is 501 g/mol. The van der Waals surface area contributed by atoms with E-state index in [9.17, 15) is 4.79 Å². The maximum absolute atomic E-state index is 13.6. The number of nitrogens with zero attached hydrogens (tertiary/aromatic N) is 3. The molecule has 0 atom stereocenters. The highest BCUT2D eigenvalue weighted by Crippen LogP contribution is 2.34. The van der Waals surface area contributed by atoms with Crippen LogP contribution in [0, 0.1) is 0 Å². The van der Waals surface area contributed by atoms with Gasteiger partial charge in [-0.3, -0.25) is 4.79 Å². The minimum atomic E-state index is -0.164. The van der Waals surface area contributed by atoms with Gasteiger partial charge in [0.05, 0.1) is 18.3 Å². The van der Waals surface area contributed by atoms with E-state index >= 15 is 0 Å². The molecular weight excluding hydrogens is 474 g/mol. The Kier molecular flexibility index (Phi) is 6.19. The maximum Gasteiger partial charge on any atom is 0.290 e. The Hall–Kier alpha value is -3.65. The molecule has 0 unspecified atom stereocenters. The third-order valence-electron chi connectivity index (χ3n) is 6.68. The number of anilines is 1. The predicted octanol–water partition coefficient (Wildman–Crippen LogP) is 5.72. The van der Waals surface area contributed by atoms with Gasteiger partial charge in [0.1, 0.15) is 5.82 Å². The van der Waals surface area contributed by atoms with E-state index in [1.807, 2.05) is 23.1 Å². The Labute approximate surface area is 214 Å². The molecule has 0 aliphatic carbocycles. The van der Waals surface area contributed by atoms with Gasteiger partial charge in [0.2, 0.25) is 6.79 Å². The lowest BCUT2D eigenvalue weighted by molar-refractivity contribution is 0.0697. The van der Waals surface area contributed by atoms with Gasteiger partial charge in [-0.2, -0.15) is 0 Å². The van der Waals surface area contributed by atoms with E-state index in [2.05, 4.69) is 35.4 Å².